The Labute approximate surface area is 195 Å². The molecule has 7 heteroatoms. The molecule has 0 unspecified atom stereocenters. The van der Waals surface area contributed by atoms with Crippen LogP contribution in [0, 0.1) is 6.92 Å². The SMILES string of the molecule is CC(=O)N1CCc2c(sc3c2c(=O)n(Cc2ccccc2)c(=O)n3Cc2cccc(C)c2)C1. The number of aryl methyl sites for hydroxylation is 1. The highest BCUT2D eigenvalue weighted by molar-refractivity contribution is 7.18. The quantitative estimate of drug-likeness (QED) is 0.469. The molecular weight excluding hydrogens is 434 g/mol. The molecule has 1 aliphatic rings. The van der Waals surface area contributed by atoms with Gasteiger partial charge in [0, 0.05) is 18.3 Å². The van der Waals surface area contributed by atoms with Gasteiger partial charge < -0.3 is 4.90 Å². The molecule has 1 amide bonds. The smallest absolute Gasteiger partial charge is 0.332 e. The van der Waals surface area contributed by atoms with Gasteiger partial charge in [-0.2, -0.15) is 0 Å². The molecule has 0 spiro atoms. The molecule has 3 heterocycles. The van der Waals surface area contributed by atoms with Crippen molar-refractivity contribution in [3.05, 3.63) is 103 Å². The summed E-state index contributed by atoms with van der Waals surface area (Å²) in [7, 11) is 0. The van der Waals surface area contributed by atoms with E-state index < -0.39 is 0 Å². The maximum Gasteiger partial charge on any atom is 0.332 e. The summed E-state index contributed by atoms with van der Waals surface area (Å²) in [6.45, 7) is 5.29. The Morgan fingerprint density at radius 1 is 0.970 bits per heavy atom. The summed E-state index contributed by atoms with van der Waals surface area (Å²) >= 11 is 1.47. The lowest BCUT2D eigenvalue weighted by molar-refractivity contribution is -0.129. The molecule has 33 heavy (non-hydrogen) atoms. The first-order valence-corrected chi connectivity index (χ1v) is 11.9. The Balaban J connectivity index is 1.73. The van der Waals surface area contributed by atoms with E-state index in [2.05, 4.69) is 6.07 Å². The van der Waals surface area contributed by atoms with Gasteiger partial charge in [0.1, 0.15) is 4.83 Å². The fraction of sp³-hybridized carbons (Fsp3) is 0.269. The molecule has 0 bridgehead atoms. The molecule has 0 radical (unpaired) electrons. The second-order valence-corrected chi connectivity index (χ2v) is 9.69. The summed E-state index contributed by atoms with van der Waals surface area (Å²) in [6.07, 6.45) is 0.623. The topological polar surface area (TPSA) is 64.3 Å². The number of benzene rings is 2. The van der Waals surface area contributed by atoms with Crippen LogP contribution >= 0.6 is 11.3 Å². The van der Waals surface area contributed by atoms with Gasteiger partial charge in [0.25, 0.3) is 5.56 Å². The molecule has 0 saturated heterocycles. The zero-order valence-corrected chi connectivity index (χ0v) is 19.5. The van der Waals surface area contributed by atoms with E-state index in [4.69, 9.17) is 0 Å². The Morgan fingerprint density at radius 3 is 2.42 bits per heavy atom. The van der Waals surface area contributed by atoms with Crippen LogP contribution in [0.3, 0.4) is 0 Å². The van der Waals surface area contributed by atoms with Crippen LogP contribution in [0.1, 0.15) is 34.1 Å². The third-order valence-electron chi connectivity index (χ3n) is 6.26. The highest BCUT2D eigenvalue weighted by Gasteiger charge is 2.27. The van der Waals surface area contributed by atoms with E-state index in [1.165, 1.54) is 15.9 Å². The van der Waals surface area contributed by atoms with Gasteiger partial charge in [0.15, 0.2) is 0 Å². The molecule has 6 nitrogen and oxygen atoms in total. The number of aromatic nitrogens is 2. The zero-order valence-electron chi connectivity index (χ0n) is 18.7. The molecular formula is C26H25N3O3S. The van der Waals surface area contributed by atoms with Gasteiger partial charge in [0.05, 0.1) is 25.0 Å². The molecule has 0 N–H and O–H groups in total. The van der Waals surface area contributed by atoms with Crippen LogP contribution in [0.15, 0.2) is 64.2 Å². The second kappa shape index (κ2) is 8.48. The third-order valence-corrected chi connectivity index (χ3v) is 7.50. The number of fused-ring (bicyclic) bond motifs is 3. The number of nitrogens with zero attached hydrogens (tertiary/aromatic N) is 3. The van der Waals surface area contributed by atoms with Crippen LogP contribution in [0.2, 0.25) is 0 Å². The first-order chi connectivity index (χ1) is 15.9. The summed E-state index contributed by atoms with van der Waals surface area (Å²) in [4.78, 5) is 42.7. The van der Waals surface area contributed by atoms with E-state index >= 15 is 0 Å². The van der Waals surface area contributed by atoms with E-state index in [0.29, 0.717) is 36.3 Å². The Bertz CT molecular complexity index is 1480. The van der Waals surface area contributed by atoms with E-state index in [0.717, 1.165) is 27.1 Å². The lowest BCUT2D eigenvalue weighted by atomic mass is 10.1. The predicted octanol–water partition coefficient (Wildman–Crippen LogP) is 3.53. The van der Waals surface area contributed by atoms with Crippen molar-refractivity contribution in [3.63, 3.8) is 0 Å². The summed E-state index contributed by atoms with van der Waals surface area (Å²) in [5.74, 6) is 0.0248. The minimum absolute atomic E-state index is 0.0248. The van der Waals surface area contributed by atoms with Crippen molar-refractivity contribution in [2.24, 2.45) is 0 Å². The van der Waals surface area contributed by atoms with E-state index in [1.807, 2.05) is 55.5 Å². The fourth-order valence-corrected chi connectivity index (χ4v) is 5.91. The Hall–Kier alpha value is -3.45. The molecule has 2 aromatic heterocycles. The molecule has 5 rings (SSSR count). The largest absolute Gasteiger partial charge is 0.337 e. The van der Waals surface area contributed by atoms with Gasteiger partial charge in [-0.25, -0.2) is 4.79 Å². The van der Waals surface area contributed by atoms with Crippen LogP contribution in [-0.2, 0) is 30.8 Å². The van der Waals surface area contributed by atoms with Crippen LogP contribution in [0.5, 0.6) is 0 Å². The van der Waals surface area contributed by atoms with Crippen molar-refractivity contribution in [1.29, 1.82) is 0 Å². The molecule has 0 saturated carbocycles. The van der Waals surface area contributed by atoms with E-state index in [9.17, 15) is 14.4 Å². The summed E-state index contributed by atoms with van der Waals surface area (Å²) in [5, 5.41) is 0.626. The standard InChI is InChI=1S/C26H25N3O3S/c1-17-7-6-10-20(13-17)15-29-25-23(21-11-12-27(18(2)30)16-22(21)33-25)24(31)28(26(29)32)14-19-8-4-3-5-9-19/h3-10,13H,11-12,14-16H2,1-2H3. The molecule has 2 aromatic carbocycles. The minimum Gasteiger partial charge on any atom is -0.337 e. The van der Waals surface area contributed by atoms with Crippen LogP contribution in [0.4, 0.5) is 0 Å². The average Bonchev–Trinajstić information content (AvgIpc) is 3.19. The Kier molecular flexibility index (Phi) is 5.50. The van der Waals surface area contributed by atoms with Crippen molar-refractivity contribution >= 4 is 27.5 Å². The number of hydrogen-bond acceptors (Lipinski definition) is 4. The Morgan fingerprint density at radius 2 is 1.70 bits per heavy atom. The fourth-order valence-electron chi connectivity index (χ4n) is 4.56. The number of carbonyl (C=O) groups excluding carboxylic acids is 1. The number of rotatable bonds is 4. The van der Waals surface area contributed by atoms with Crippen molar-refractivity contribution < 1.29 is 4.79 Å². The van der Waals surface area contributed by atoms with Crippen LogP contribution < -0.4 is 11.2 Å². The third kappa shape index (κ3) is 3.93. The summed E-state index contributed by atoms with van der Waals surface area (Å²) in [6, 6.07) is 17.7. The first-order valence-electron chi connectivity index (χ1n) is 11.0. The molecule has 0 atom stereocenters. The summed E-state index contributed by atoms with van der Waals surface area (Å²) in [5.41, 5.74) is 3.48. The van der Waals surface area contributed by atoms with Gasteiger partial charge in [-0.05, 0) is 30.0 Å². The number of carbonyl (C=O) groups is 1. The minimum atomic E-state index is -0.306. The van der Waals surface area contributed by atoms with Crippen LogP contribution in [-0.4, -0.2) is 26.5 Å². The van der Waals surface area contributed by atoms with Gasteiger partial charge >= 0.3 is 5.69 Å². The van der Waals surface area contributed by atoms with Crippen molar-refractivity contribution in [3.8, 4) is 0 Å². The summed E-state index contributed by atoms with van der Waals surface area (Å²) < 4.78 is 3.09. The highest BCUT2D eigenvalue weighted by atomic mass is 32.1. The van der Waals surface area contributed by atoms with Crippen molar-refractivity contribution in [1.82, 2.24) is 14.0 Å². The number of hydrogen-bond donors (Lipinski definition) is 0. The van der Waals surface area contributed by atoms with Gasteiger partial charge in [-0.1, -0.05) is 60.2 Å². The van der Waals surface area contributed by atoms with Crippen molar-refractivity contribution in [2.45, 2.75) is 39.9 Å². The lowest BCUT2D eigenvalue weighted by Crippen LogP contribution is -2.40. The normalized spacial score (nSPS) is 13.3. The second-order valence-electron chi connectivity index (χ2n) is 8.61. The van der Waals surface area contributed by atoms with Gasteiger partial charge in [-0.3, -0.25) is 18.7 Å². The first kappa shape index (κ1) is 21.4. The van der Waals surface area contributed by atoms with Gasteiger partial charge in [-0.15, -0.1) is 11.3 Å². The molecule has 0 fully saturated rings. The van der Waals surface area contributed by atoms with Crippen LogP contribution in [0.25, 0.3) is 10.2 Å². The van der Waals surface area contributed by atoms with E-state index in [1.54, 1.807) is 16.4 Å². The zero-order chi connectivity index (χ0) is 23.1. The molecule has 1 aliphatic heterocycles. The van der Waals surface area contributed by atoms with Crippen molar-refractivity contribution in [2.75, 3.05) is 6.54 Å². The highest BCUT2D eigenvalue weighted by Crippen LogP contribution is 2.33. The molecule has 0 aliphatic carbocycles. The lowest BCUT2D eigenvalue weighted by Gasteiger charge is -2.25. The molecule has 168 valence electrons. The monoisotopic (exact) mass is 459 g/mol. The maximum atomic E-state index is 13.7. The predicted molar refractivity (Wildman–Crippen MR) is 131 cm³/mol. The number of amides is 1. The van der Waals surface area contributed by atoms with E-state index in [-0.39, 0.29) is 23.7 Å². The maximum absolute atomic E-state index is 13.7. The van der Waals surface area contributed by atoms with Gasteiger partial charge in [0.2, 0.25) is 5.91 Å². The average molecular weight is 460 g/mol. The molecule has 4 aromatic rings. The number of thiophene rings is 1.